The fourth-order valence-electron chi connectivity index (χ4n) is 2.63. The Morgan fingerprint density at radius 3 is 2.48 bits per heavy atom. The van der Waals surface area contributed by atoms with Gasteiger partial charge < -0.3 is 19.0 Å². The van der Waals surface area contributed by atoms with Crippen molar-refractivity contribution in [3.63, 3.8) is 0 Å². The Hall–Kier alpha value is -2.86. The summed E-state index contributed by atoms with van der Waals surface area (Å²) in [4.78, 5) is 17.4. The van der Waals surface area contributed by atoms with Crippen LogP contribution in [0.3, 0.4) is 0 Å². The first-order valence-electron chi connectivity index (χ1n) is 9.81. The average molecular weight is 399 g/mol. The molecule has 0 heterocycles. The molecule has 1 atom stereocenters. The van der Waals surface area contributed by atoms with E-state index in [1.165, 1.54) is 0 Å². The zero-order valence-electron chi connectivity index (χ0n) is 17.3. The summed E-state index contributed by atoms with van der Waals surface area (Å²) in [7, 11) is 0. The predicted molar refractivity (Wildman–Crippen MR) is 112 cm³/mol. The van der Waals surface area contributed by atoms with Gasteiger partial charge in [-0.2, -0.15) is 0 Å². The van der Waals surface area contributed by atoms with Crippen LogP contribution in [0.1, 0.15) is 31.9 Å². The molecule has 0 saturated heterocycles. The van der Waals surface area contributed by atoms with Crippen molar-refractivity contribution in [2.24, 2.45) is 5.16 Å². The maximum Gasteiger partial charge on any atom is 0.335 e. The second-order valence-corrected chi connectivity index (χ2v) is 6.42. The molecule has 0 fully saturated rings. The summed E-state index contributed by atoms with van der Waals surface area (Å²) < 4.78 is 16.4. The molecular formula is C23H29NO5. The highest BCUT2D eigenvalue weighted by atomic mass is 16.6. The van der Waals surface area contributed by atoms with E-state index in [2.05, 4.69) is 5.16 Å². The molecule has 0 bridgehead atoms. The Bertz CT molecular complexity index is 776. The summed E-state index contributed by atoms with van der Waals surface area (Å²) in [6.45, 7) is 6.98. The van der Waals surface area contributed by atoms with E-state index in [0.717, 1.165) is 16.8 Å². The van der Waals surface area contributed by atoms with Gasteiger partial charge in [0.15, 0.2) is 6.10 Å². The number of benzene rings is 2. The van der Waals surface area contributed by atoms with Crippen LogP contribution in [-0.2, 0) is 32.1 Å². The molecule has 2 aromatic rings. The second kappa shape index (κ2) is 12.6. The molecule has 0 N–H and O–H groups in total. The van der Waals surface area contributed by atoms with E-state index >= 15 is 0 Å². The largest absolute Gasteiger partial charge is 0.488 e. The number of ether oxygens (including phenoxy) is 3. The lowest BCUT2D eigenvalue weighted by Gasteiger charge is -2.16. The number of carbonyl (C=O) groups is 1. The third-order valence-corrected chi connectivity index (χ3v) is 3.98. The van der Waals surface area contributed by atoms with Crippen molar-refractivity contribution in [3.8, 4) is 5.75 Å². The van der Waals surface area contributed by atoms with Crippen molar-refractivity contribution in [3.05, 3.63) is 65.7 Å². The molecule has 0 amide bonds. The quantitative estimate of drug-likeness (QED) is 0.304. The van der Waals surface area contributed by atoms with Crippen LogP contribution in [0.4, 0.5) is 0 Å². The normalized spacial score (nSPS) is 12.3. The molecule has 156 valence electrons. The summed E-state index contributed by atoms with van der Waals surface area (Å²) in [5.41, 5.74) is 2.72. The molecule has 1 unspecified atom stereocenters. The monoisotopic (exact) mass is 399 g/mol. The molecule has 0 aliphatic heterocycles. The molecule has 0 spiro atoms. The maximum absolute atomic E-state index is 12.0. The maximum atomic E-state index is 12.0. The number of esters is 1. The van der Waals surface area contributed by atoms with Gasteiger partial charge in [0.25, 0.3) is 0 Å². The van der Waals surface area contributed by atoms with E-state index in [1.54, 1.807) is 6.92 Å². The van der Waals surface area contributed by atoms with Crippen molar-refractivity contribution in [2.75, 3.05) is 19.8 Å². The predicted octanol–water partition coefficient (Wildman–Crippen LogP) is 4.17. The summed E-state index contributed by atoms with van der Waals surface area (Å²) in [5, 5.41) is 4.08. The van der Waals surface area contributed by atoms with Crippen molar-refractivity contribution >= 4 is 11.7 Å². The fraction of sp³-hybridized carbons (Fsp3) is 0.391. The number of nitrogens with zero attached hydrogens (tertiary/aromatic N) is 1. The fourth-order valence-corrected chi connectivity index (χ4v) is 2.63. The topological polar surface area (TPSA) is 66.4 Å². The van der Waals surface area contributed by atoms with Gasteiger partial charge in [-0.15, -0.1) is 0 Å². The van der Waals surface area contributed by atoms with Crippen LogP contribution in [0.2, 0.25) is 0 Å². The van der Waals surface area contributed by atoms with Crippen molar-refractivity contribution < 1.29 is 23.8 Å². The number of rotatable bonds is 12. The summed E-state index contributed by atoms with van der Waals surface area (Å²) in [6.07, 6.45) is -0.193. The SMILES string of the molecule is CCOC(=O)C(Cc1cccc(OCC(C)=NOCc2ccccc2)c1)OCC. The Morgan fingerprint density at radius 2 is 1.76 bits per heavy atom. The number of oxime groups is 1. The van der Waals surface area contributed by atoms with Crippen LogP contribution in [0.15, 0.2) is 59.8 Å². The molecule has 6 heteroatoms. The number of hydrogen-bond donors (Lipinski definition) is 0. The first kappa shape index (κ1) is 22.4. The Kier molecular flexibility index (Phi) is 9.72. The van der Waals surface area contributed by atoms with Crippen LogP contribution in [-0.4, -0.2) is 37.6 Å². The van der Waals surface area contributed by atoms with E-state index in [1.807, 2.05) is 68.4 Å². The molecule has 0 radical (unpaired) electrons. The summed E-state index contributed by atoms with van der Waals surface area (Å²) in [5.74, 6) is 0.346. The van der Waals surface area contributed by atoms with E-state index in [0.29, 0.717) is 38.6 Å². The van der Waals surface area contributed by atoms with E-state index in [-0.39, 0.29) is 5.97 Å². The molecule has 6 nitrogen and oxygen atoms in total. The minimum atomic E-state index is -0.620. The highest BCUT2D eigenvalue weighted by Crippen LogP contribution is 2.16. The van der Waals surface area contributed by atoms with E-state index in [4.69, 9.17) is 19.0 Å². The highest BCUT2D eigenvalue weighted by molar-refractivity contribution is 5.82. The van der Waals surface area contributed by atoms with Crippen molar-refractivity contribution in [1.29, 1.82) is 0 Å². The van der Waals surface area contributed by atoms with Gasteiger partial charge in [0.05, 0.1) is 12.3 Å². The first-order valence-corrected chi connectivity index (χ1v) is 9.81. The van der Waals surface area contributed by atoms with Gasteiger partial charge in [-0.05, 0) is 44.0 Å². The molecule has 29 heavy (non-hydrogen) atoms. The van der Waals surface area contributed by atoms with Gasteiger partial charge in [0, 0.05) is 13.0 Å². The van der Waals surface area contributed by atoms with Crippen molar-refractivity contribution in [1.82, 2.24) is 0 Å². The highest BCUT2D eigenvalue weighted by Gasteiger charge is 2.20. The standard InChI is InChI=1S/C23H29NO5/c1-4-26-22(23(25)27-5-2)15-20-12-9-13-21(14-20)28-16-18(3)24-29-17-19-10-7-6-8-11-19/h6-14,22H,4-5,15-17H2,1-3H3. The minimum Gasteiger partial charge on any atom is -0.488 e. The van der Waals surface area contributed by atoms with Crippen molar-refractivity contribution in [2.45, 2.75) is 39.9 Å². The summed E-state index contributed by atoms with van der Waals surface area (Å²) in [6, 6.07) is 17.4. The molecule has 2 aromatic carbocycles. The first-order chi connectivity index (χ1) is 14.1. The summed E-state index contributed by atoms with van der Waals surface area (Å²) >= 11 is 0. The third-order valence-electron chi connectivity index (χ3n) is 3.98. The van der Waals surface area contributed by atoms with Crippen LogP contribution >= 0.6 is 0 Å². The van der Waals surface area contributed by atoms with E-state index in [9.17, 15) is 4.79 Å². The van der Waals surface area contributed by atoms with Gasteiger partial charge in [-0.1, -0.05) is 47.6 Å². The lowest BCUT2D eigenvalue weighted by atomic mass is 10.1. The minimum absolute atomic E-state index is 0.311. The molecule has 0 aliphatic rings. The molecule has 0 saturated carbocycles. The van der Waals surface area contributed by atoms with E-state index < -0.39 is 6.10 Å². The van der Waals surface area contributed by atoms with Crippen LogP contribution < -0.4 is 4.74 Å². The Balaban J connectivity index is 1.86. The van der Waals surface area contributed by atoms with Gasteiger partial charge in [-0.25, -0.2) is 4.79 Å². The van der Waals surface area contributed by atoms with Gasteiger partial charge in [-0.3, -0.25) is 0 Å². The zero-order chi connectivity index (χ0) is 20.9. The number of carbonyl (C=O) groups excluding carboxylic acids is 1. The zero-order valence-corrected chi connectivity index (χ0v) is 17.3. The van der Waals surface area contributed by atoms with Crippen LogP contribution in [0.5, 0.6) is 5.75 Å². The number of hydrogen-bond acceptors (Lipinski definition) is 6. The van der Waals surface area contributed by atoms with Gasteiger partial charge >= 0.3 is 5.97 Å². The third kappa shape index (κ3) is 8.35. The smallest absolute Gasteiger partial charge is 0.335 e. The molecule has 0 aromatic heterocycles. The molecular weight excluding hydrogens is 370 g/mol. The van der Waals surface area contributed by atoms with Crippen LogP contribution in [0.25, 0.3) is 0 Å². The Labute approximate surface area is 172 Å². The van der Waals surface area contributed by atoms with Crippen LogP contribution in [0, 0.1) is 0 Å². The molecule has 0 aliphatic carbocycles. The van der Waals surface area contributed by atoms with Gasteiger partial charge in [0.1, 0.15) is 19.0 Å². The lowest BCUT2D eigenvalue weighted by Crippen LogP contribution is -2.29. The van der Waals surface area contributed by atoms with Gasteiger partial charge in [0.2, 0.25) is 0 Å². The lowest BCUT2D eigenvalue weighted by molar-refractivity contribution is -0.156. The second-order valence-electron chi connectivity index (χ2n) is 6.42. The Morgan fingerprint density at radius 1 is 1.00 bits per heavy atom. The molecule has 2 rings (SSSR count). The average Bonchev–Trinajstić information content (AvgIpc) is 2.73.